The van der Waals surface area contributed by atoms with Crippen LogP contribution >= 0.6 is 0 Å². The van der Waals surface area contributed by atoms with Gasteiger partial charge in [-0.05, 0) is 104 Å². The van der Waals surface area contributed by atoms with Gasteiger partial charge in [0.15, 0.2) is 0 Å². The van der Waals surface area contributed by atoms with Gasteiger partial charge in [-0.3, -0.25) is 0 Å². The summed E-state index contributed by atoms with van der Waals surface area (Å²) < 4.78 is 6.89. The SMILES string of the molecule is CC1(C)c2ccccc2-c2c1cc1oc3ccc(-c4ccccc4)cc3c1c2N(c1ccc(-c2ccccc2)cc1)c1ccc(-c2ccc(-c3ccccc3)cc2)cc1. The molecule has 1 aromatic heterocycles. The van der Waals surface area contributed by atoms with Crippen LogP contribution < -0.4 is 4.90 Å². The summed E-state index contributed by atoms with van der Waals surface area (Å²) in [6.07, 6.45) is 0. The third kappa shape index (κ3) is 5.87. The van der Waals surface area contributed by atoms with Gasteiger partial charge < -0.3 is 9.32 Å². The molecule has 0 bridgehead atoms. The lowest BCUT2D eigenvalue weighted by molar-refractivity contribution is 0.647. The number of fused-ring (bicyclic) bond motifs is 6. The molecule has 0 saturated carbocycles. The summed E-state index contributed by atoms with van der Waals surface area (Å²) in [7, 11) is 0. The van der Waals surface area contributed by atoms with E-state index in [4.69, 9.17) is 4.42 Å². The van der Waals surface area contributed by atoms with E-state index in [9.17, 15) is 0 Å². The summed E-state index contributed by atoms with van der Waals surface area (Å²) in [4.78, 5) is 2.47. The van der Waals surface area contributed by atoms with E-state index in [0.717, 1.165) is 44.6 Å². The van der Waals surface area contributed by atoms with Crippen molar-refractivity contribution in [2.75, 3.05) is 4.90 Å². The lowest BCUT2D eigenvalue weighted by Crippen LogP contribution is -2.16. The maximum absolute atomic E-state index is 6.89. The fraction of sp³-hybridized carbons (Fsp3) is 0.0526. The fourth-order valence-electron chi connectivity index (χ4n) is 9.24. The summed E-state index contributed by atoms with van der Waals surface area (Å²) in [5.41, 5.74) is 19.4. The van der Waals surface area contributed by atoms with E-state index in [1.165, 1.54) is 61.2 Å². The predicted molar refractivity (Wildman–Crippen MR) is 248 cm³/mol. The van der Waals surface area contributed by atoms with Gasteiger partial charge in [-0.15, -0.1) is 0 Å². The van der Waals surface area contributed by atoms with Gasteiger partial charge in [-0.1, -0.05) is 184 Å². The van der Waals surface area contributed by atoms with Crippen molar-refractivity contribution in [2.24, 2.45) is 0 Å². The lowest BCUT2D eigenvalue weighted by atomic mass is 9.82. The Kier molecular flexibility index (Phi) is 8.20. The molecule has 0 saturated heterocycles. The summed E-state index contributed by atoms with van der Waals surface area (Å²) in [6.45, 7) is 4.70. The Hall–Kier alpha value is -7.42. The van der Waals surface area contributed by atoms with Crippen LogP contribution in [0.1, 0.15) is 25.0 Å². The first-order valence-electron chi connectivity index (χ1n) is 20.4. The number of hydrogen-bond donors (Lipinski definition) is 0. The van der Waals surface area contributed by atoms with E-state index in [2.05, 4.69) is 231 Å². The molecule has 0 fully saturated rings. The van der Waals surface area contributed by atoms with Gasteiger partial charge in [0.25, 0.3) is 0 Å². The summed E-state index contributed by atoms with van der Waals surface area (Å²) in [5.74, 6) is 0. The first-order valence-corrected chi connectivity index (χ1v) is 20.4. The summed E-state index contributed by atoms with van der Waals surface area (Å²) >= 11 is 0. The van der Waals surface area contributed by atoms with Crippen LogP contribution in [0, 0.1) is 0 Å². The van der Waals surface area contributed by atoms with Crippen molar-refractivity contribution in [1.29, 1.82) is 0 Å². The average molecular weight is 756 g/mol. The first-order chi connectivity index (χ1) is 29.0. The second-order valence-corrected chi connectivity index (χ2v) is 16.1. The van der Waals surface area contributed by atoms with Crippen molar-refractivity contribution in [3.8, 4) is 55.6 Å². The Balaban J connectivity index is 1.16. The van der Waals surface area contributed by atoms with E-state index >= 15 is 0 Å². The van der Waals surface area contributed by atoms with Gasteiger partial charge in [0.2, 0.25) is 0 Å². The summed E-state index contributed by atoms with van der Waals surface area (Å²) in [6, 6.07) is 76.7. The molecule has 11 rings (SSSR count). The lowest BCUT2D eigenvalue weighted by Gasteiger charge is -2.30. The van der Waals surface area contributed by atoms with Crippen molar-refractivity contribution >= 4 is 39.0 Å². The van der Waals surface area contributed by atoms with Gasteiger partial charge in [0.1, 0.15) is 11.2 Å². The van der Waals surface area contributed by atoms with Crippen LogP contribution in [0.2, 0.25) is 0 Å². The number of benzene rings is 9. The van der Waals surface area contributed by atoms with E-state index in [1.807, 2.05) is 0 Å². The third-order valence-corrected chi connectivity index (χ3v) is 12.3. The largest absolute Gasteiger partial charge is 0.456 e. The maximum Gasteiger partial charge on any atom is 0.137 e. The molecule has 0 aliphatic heterocycles. The number of nitrogens with zero attached hydrogens (tertiary/aromatic N) is 1. The van der Waals surface area contributed by atoms with Crippen LogP contribution in [-0.2, 0) is 5.41 Å². The number of furan rings is 1. The van der Waals surface area contributed by atoms with Crippen LogP contribution in [0.15, 0.2) is 217 Å². The molecule has 0 radical (unpaired) electrons. The highest BCUT2D eigenvalue weighted by molar-refractivity contribution is 6.19. The Labute approximate surface area is 345 Å². The second kappa shape index (κ2) is 13.9. The first kappa shape index (κ1) is 34.8. The van der Waals surface area contributed by atoms with Gasteiger partial charge in [-0.25, -0.2) is 0 Å². The molecule has 59 heavy (non-hydrogen) atoms. The molecule has 0 atom stereocenters. The second-order valence-electron chi connectivity index (χ2n) is 16.1. The highest BCUT2D eigenvalue weighted by atomic mass is 16.3. The van der Waals surface area contributed by atoms with Crippen LogP contribution in [0.3, 0.4) is 0 Å². The van der Waals surface area contributed by atoms with Crippen LogP contribution in [0.4, 0.5) is 17.1 Å². The zero-order valence-corrected chi connectivity index (χ0v) is 33.1. The van der Waals surface area contributed by atoms with E-state index in [-0.39, 0.29) is 5.41 Å². The molecular formula is C57H41NO. The topological polar surface area (TPSA) is 16.4 Å². The molecule has 9 aromatic carbocycles. The van der Waals surface area contributed by atoms with Crippen LogP contribution in [-0.4, -0.2) is 0 Å². The smallest absolute Gasteiger partial charge is 0.137 e. The molecule has 1 heterocycles. The predicted octanol–water partition coefficient (Wildman–Crippen LogP) is 16.0. The molecule has 1 aliphatic rings. The van der Waals surface area contributed by atoms with E-state index in [1.54, 1.807) is 0 Å². The quantitative estimate of drug-likeness (QED) is 0.161. The van der Waals surface area contributed by atoms with E-state index < -0.39 is 0 Å². The number of anilines is 3. The third-order valence-electron chi connectivity index (χ3n) is 12.3. The zero-order chi connectivity index (χ0) is 39.5. The van der Waals surface area contributed by atoms with Crippen molar-refractivity contribution in [2.45, 2.75) is 19.3 Å². The Bertz CT molecular complexity index is 3130. The Morgan fingerprint density at radius 1 is 0.373 bits per heavy atom. The minimum absolute atomic E-state index is 0.234. The van der Waals surface area contributed by atoms with Crippen molar-refractivity contribution < 1.29 is 4.42 Å². The molecule has 10 aromatic rings. The Morgan fingerprint density at radius 3 is 1.32 bits per heavy atom. The molecule has 2 nitrogen and oxygen atoms in total. The van der Waals surface area contributed by atoms with Gasteiger partial charge in [0, 0.05) is 27.7 Å². The van der Waals surface area contributed by atoms with Crippen molar-refractivity contribution in [1.82, 2.24) is 0 Å². The Morgan fingerprint density at radius 2 is 0.797 bits per heavy atom. The highest BCUT2D eigenvalue weighted by Gasteiger charge is 2.40. The standard InChI is InChI=1S/C57H41NO/c1-57(2)50-21-13-12-20-48(50)54-51(57)37-53-55(49-36-45(30-35-52(49)59-53)40-18-10-5-11-19-40)56(54)58(46-31-26-43(27-32-46)39-16-8-4-9-17-39)47-33-28-44(29-34-47)42-24-22-41(23-25-42)38-14-6-3-7-15-38/h3-37H,1-2H3. The minimum atomic E-state index is -0.234. The molecule has 1 aliphatic carbocycles. The van der Waals surface area contributed by atoms with Crippen molar-refractivity contribution in [3.63, 3.8) is 0 Å². The average Bonchev–Trinajstić information content (AvgIpc) is 3.78. The minimum Gasteiger partial charge on any atom is -0.456 e. The molecule has 0 spiro atoms. The summed E-state index contributed by atoms with van der Waals surface area (Å²) in [5, 5.41) is 2.21. The molecule has 0 amide bonds. The molecule has 280 valence electrons. The van der Waals surface area contributed by atoms with Crippen LogP contribution in [0.25, 0.3) is 77.6 Å². The molecule has 0 N–H and O–H groups in total. The number of rotatable bonds is 7. The van der Waals surface area contributed by atoms with E-state index in [0.29, 0.717) is 0 Å². The molecule has 0 unspecified atom stereocenters. The molecular weight excluding hydrogens is 715 g/mol. The maximum atomic E-state index is 6.89. The van der Waals surface area contributed by atoms with Crippen LogP contribution in [0.5, 0.6) is 0 Å². The van der Waals surface area contributed by atoms with Gasteiger partial charge in [0.05, 0.1) is 11.1 Å². The monoisotopic (exact) mass is 755 g/mol. The van der Waals surface area contributed by atoms with Gasteiger partial charge in [-0.2, -0.15) is 0 Å². The number of hydrogen-bond acceptors (Lipinski definition) is 2. The van der Waals surface area contributed by atoms with Gasteiger partial charge >= 0.3 is 0 Å². The highest BCUT2D eigenvalue weighted by Crippen LogP contribution is 2.58. The zero-order valence-electron chi connectivity index (χ0n) is 33.1. The molecule has 2 heteroatoms. The normalized spacial score (nSPS) is 12.7. The van der Waals surface area contributed by atoms with Crippen molar-refractivity contribution in [3.05, 3.63) is 223 Å². The fourth-order valence-corrected chi connectivity index (χ4v) is 9.24.